The summed E-state index contributed by atoms with van der Waals surface area (Å²) < 4.78 is 33.1. The first-order chi connectivity index (χ1) is 14.0. The first kappa shape index (κ1) is 19.9. The van der Waals surface area contributed by atoms with Crippen molar-refractivity contribution >= 4 is 16.0 Å². The second-order valence-electron chi connectivity index (χ2n) is 7.63. The molecule has 152 valence electrons. The minimum absolute atomic E-state index is 0.00649. The Hall–Kier alpha value is -2.44. The zero-order valence-corrected chi connectivity index (χ0v) is 17.3. The molecule has 0 aromatic heterocycles. The van der Waals surface area contributed by atoms with Gasteiger partial charge in [-0.15, -0.1) is 0 Å². The fourth-order valence-electron chi connectivity index (χ4n) is 4.54. The molecule has 1 heterocycles. The van der Waals surface area contributed by atoms with Gasteiger partial charge in [0.1, 0.15) is 0 Å². The molecular formula is C23H25NO4S. The molecular weight excluding hydrogens is 386 g/mol. The average Bonchev–Trinajstić information content (AvgIpc) is 3.19. The molecule has 6 heteroatoms. The number of carbonyl (C=O) groups excluding carboxylic acids is 1. The molecule has 2 atom stereocenters. The minimum atomic E-state index is -3.45. The van der Waals surface area contributed by atoms with Crippen molar-refractivity contribution in [2.45, 2.75) is 37.0 Å². The molecule has 29 heavy (non-hydrogen) atoms. The second-order valence-corrected chi connectivity index (χ2v) is 9.55. The summed E-state index contributed by atoms with van der Waals surface area (Å²) in [7, 11) is -2.09. The van der Waals surface area contributed by atoms with Gasteiger partial charge in [0.15, 0.2) is 0 Å². The Kier molecular flexibility index (Phi) is 5.56. The number of fused-ring (bicyclic) bond motifs is 1. The first-order valence-electron chi connectivity index (χ1n) is 9.90. The lowest BCUT2D eigenvalue weighted by Gasteiger charge is -2.34. The zero-order valence-electron chi connectivity index (χ0n) is 16.5. The summed E-state index contributed by atoms with van der Waals surface area (Å²) in [4.78, 5) is 12.0. The monoisotopic (exact) mass is 411 g/mol. The maximum absolute atomic E-state index is 13.3. The Balaban J connectivity index is 1.66. The van der Waals surface area contributed by atoms with Crippen LogP contribution in [0.4, 0.5) is 0 Å². The van der Waals surface area contributed by atoms with E-state index in [0.717, 1.165) is 30.4 Å². The van der Waals surface area contributed by atoms with E-state index in [-0.39, 0.29) is 23.7 Å². The Morgan fingerprint density at radius 2 is 1.93 bits per heavy atom. The number of carbonyl (C=O) groups is 1. The summed E-state index contributed by atoms with van der Waals surface area (Å²) in [5.74, 6) is -0.335. The lowest BCUT2D eigenvalue weighted by Crippen LogP contribution is -2.41. The number of sulfonamides is 1. The number of nitrogens with zero attached hydrogens (tertiary/aromatic N) is 1. The van der Waals surface area contributed by atoms with Crippen LogP contribution >= 0.6 is 0 Å². The molecule has 1 fully saturated rings. The molecule has 2 aliphatic rings. The van der Waals surface area contributed by atoms with Gasteiger partial charge in [-0.25, -0.2) is 13.2 Å². The molecule has 0 unspecified atom stereocenters. The van der Waals surface area contributed by atoms with Gasteiger partial charge in [-0.05, 0) is 42.5 Å². The fraction of sp³-hybridized carbons (Fsp3) is 0.348. The van der Waals surface area contributed by atoms with Crippen molar-refractivity contribution in [1.29, 1.82) is 0 Å². The second kappa shape index (κ2) is 8.13. The Labute approximate surface area is 172 Å². The van der Waals surface area contributed by atoms with Crippen LogP contribution in [0.15, 0.2) is 66.2 Å². The van der Waals surface area contributed by atoms with E-state index in [1.165, 1.54) is 12.7 Å². The van der Waals surface area contributed by atoms with E-state index in [9.17, 15) is 13.2 Å². The van der Waals surface area contributed by atoms with E-state index in [4.69, 9.17) is 4.74 Å². The SMILES string of the molecule is COC(=O)c1cccc([C@@H]2CCC=C3CCN(S(=O)(=O)Cc4ccccc4)[C@H]32)c1. The highest BCUT2D eigenvalue weighted by Crippen LogP contribution is 2.43. The Morgan fingerprint density at radius 1 is 1.14 bits per heavy atom. The van der Waals surface area contributed by atoms with Crippen LogP contribution in [0.3, 0.4) is 0 Å². The number of hydrogen-bond acceptors (Lipinski definition) is 4. The van der Waals surface area contributed by atoms with Gasteiger partial charge in [0.05, 0.1) is 24.5 Å². The third kappa shape index (κ3) is 4.00. The maximum Gasteiger partial charge on any atom is 0.337 e. The number of ether oxygens (including phenoxy) is 1. The standard InChI is InChI=1S/C23H25NO4S/c1-28-23(25)20-11-5-10-19(15-20)21-12-6-9-18-13-14-24(22(18)21)29(26,27)16-17-7-3-2-4-8-17/h2-5,7-11,15,21-22H,6,12-14,16H2,1H3/t21-,22+/m0/s1. The maximum atomic E-state index is 13.3. The molecule has 0 saturated carbocycles. The van der Waals surface area contributed by atoms with Crippen molar-refractivity contribution in [1.82, 2.24) is 4.31 Å². The molecule has 1 aliphatic carbocycles. The third-order valence-corrected chi connectivity index (χ3v) is 7.68. The Bertz CT molecular complexity index is 1030. The molecule has 4 rings (SSSR count). The van der Waals surface area contributed by atoms with E-state index in [1.54, 1.807) is 10.4 Å². The molecule has 1 aliphatic heterocycles. The predicted octanol–water partition coefficient (Wildman–Crippen LogP) is 3.88. The molecule has 0 radical (unpaired) electrons. The van der Waals surface area contributed by atoms with Crippen molar-refractivity contribution < 1.29 is 17.9 Å². The molecule has 0 bridgehead atoms. The van der Waals surface area contributed by atoms with Gasteiger partial charge in [-0.2, -0.15) is 4.31 Å². The van der Waals surface area contributed by atoms with Crippen LogP contribution in [-0.2, 0) is 20.5 Å². The van der Waals surface area contributed by atoms with Gasteiger partial charge < -0.3 is 4.74 Å². The molecule has 5 nitrogen and oxygen atoms in total. The van der Waals surface area contributed by atoms with Gasteiger partial charge in [-0.3, -0.25) is 0 Å². The van der Waals surface area contributed by atoms with Crippen LogP contribution in [0.2, 0.25) is 0 Å². The third-order valence-electron chi connectivity index (χ3n) is 5.86. The van der Waals surface area contributed by atoms with Crippen LogP contribution in [0.5, 0.6) is 0 Å². The predicted molar refractivity (Wildman–Crippen MR) is 112 cm³/mol. The van der Waals surface area contributed by atoms with Crippen molar-refractivity contribution in [3.05, 3.63) is 82.9 Å². The van der Waals surface area contributed by atoms with Gasteiger partial charge in [0, 0.05) is 12.5 Å². The number of allylic oxidation sites excluding steroid dienone is 1. The molecule has 0 spiro atoms. The van der Waals surface area contributed by atoms with E-state index in [0.29, 0.717) is 12.1 Å². The highest BCUT2D eigenvalue weighted by Gasteiger charge is 2.43. The summed E-state index contributed by atoms with van der Waals surface area (Å²) in [6.45, 7) is 0.513. The van der Waals surface area contributed by atoms with Crippen LogP contribution in [0.25, 0.3) is 0 Å². The van der Waals surface area contributed by atoms with Gasteiger partial charge in [-0.1, -0.05) is 54.1 Å². The van der Waals surface area contributed by atoms with Crippen molar-refractivity contribution in [3.8, 4) is 0 Å². The number of benzene rings is 2. The summed E-state index contributed by atoms with van der Waals surface area (Å²) in [5, 5.41) is 0. The summed E-state index contributed by atoms with van der Waals surface area (Å²) in [5.41, 5.74) is 3.48. The summed E-state index contributed by atoms with van der Waals surface area (Å²) in [6, 6.07) is 16.5. The van der Waals surface area contributed by atoms with Crippen LogP contribution < -0.4 is 0 Å². The van der Waals surface area contributed by atoms with Crippen molar-refractivity contribution in [2.75, 3.05) is 13.7 Å². The quantitative estimate of drug-likeness (QED) is 0.553. The fourth-order valence-corrected chi connectivity index (χ4v) is 6.32. The largest absolute Gasteiger partial charge is 0.465 e. The van der Waals surface area contributed by atoms with Crippen molar-refractivity contribution in [2.24, 2.45) is 0 Å². The molecule has 1 saturated heterocycles. The highest BCUT2D eigenvalue weighted by molar-refractivity contribution is 7.88. The van der Waals surface area contributed by atoms with Gasteiger partial charge in [0.25, 0.3) is 0 Å². The van der Waals surface area contributed by atoms with Crippen molar-refractivity contribution in [3.63, 3.8) is 0 Å². The van der Waals surface area contributed by atoms with E-state index in [2.05, 4.69) is 6.08 Å². The molecule has 0 amide bonds. The average molecular weight is 412 g/mol. The summed E-state index contributed by atoms with van der Waals surface area (Å²) >= 11 is 0. The van der Waals surface area contributed by atoms with E-state index >= 15 is 0 Å². The topological polar surface area (TPSA) is 63.7 Å². The number of hydrogen-bond donors (Lipinski definition) is 0. The lowest BCUT2D eigenvalue weighted by atomic mass is 9.80. The number of rotatable bonds is 5. The minimum Gasteiger partial charge on any atom is -0.465 e. The van der Waals surface area contributed by atoms with Crippen LogP contribution in [0.1, 0.15) is 46.7 Å². The number of methoxy groups -OCH3 is 1. The van der Waals surface area contributed by atoms with E-state index in [1.807, 2.05) is 48.5 Å². The molecule has 0 N–H and O–H groups in total. The number of esters is 1. The molecule has 2 aromatic carbocycles. The molecule has 2 aromatic rings. The summed E-state index contributed by atoms with van der Waals surface area (Å²) in [6.07, 6.45) is 4.75. The zero-order chi connectivity index (χ0) is 20.4. The Morgan fingerprint density at radius 3 is 2.69 bits per heavy atom. The smallest absolute Gasteiger partial charge is 0.337 e. The highest BCUT2D eigenvalue weighted by atomic mass is 32.2. The van der Waals surface area contributed by atoms with Crippen LogP contribution in [0, 0.1) is 0 Å². The van der Waals surface area contributed by atoms with Gasteiger partial charge >= 0.3 is 5.97 Å². The van der Waals surface area contributed by atoms with E-state index < -0.39 is 10.0 Å². The van der Waals surface area contributed by atoms with Gasteiger partial charge in [0.2, 0.25) is 10.0 Å². The first-order valence-corrected chi connectivity index (χ1v) is 11.5. The lowest BCUT2D eigenvalue weighted by molar-refractivity contribution is 0.0600. The van der Waals surface area contributed by atoms with Crippen LogP contribution in [-0.4, -0.2) is 38.4 Å². The normalized spacial score (nSPS) is 22.0.